The highest BCUT2D eigenvalue weighted by Crippen LogP contribution is 2.28. The third-order valence-corrected chi connectivity index (χ3v) is 3.29. The summed E-state index contributed by atoms with van der Waals surface area (Å²) in [5, 5.41) is 0. The number of carbonyl (C=O) groups excluding carboxylic acids is 1. The third-order valence-electron chi connectivity index (χ3n) is 3.29. The topological polar surface area (TPSA) is 26.3 Å². The molecule has 1 saturated carbocycles. The number of ether oxygens (including phenoxy) is 1. The fourth-order valence-corrected chi connectivity index (χ4v) is 2.32. The van der Waals surface area contributed by atoms with E-state index in [1.54, 1.807) is 12.1 Å². The van der Waals surface area contributed by atoms with Crippen molar-refractivity contribution in [1.82, 2.24) is 0 Å². The van der Waals surface area contributed by atoms with Gasteiger partial charge in [0.15, 0.2) is 11.6 Å². The van der Waals surface area contributed by atoms with Gasteiger partial charge in [-0.1, -0.05) is 37.8 Å². The van der Waals surface area contributed by atoms with Crippen molar-refractivity contribution in [3.05, 3.63) is 30.1 Å². The molecule has 0 heterocycles. The van der Waals surface area contributed by atoms with Gasteiger partial charge in [-0.05, 0) is 24.5 Å². The van der Waals surface area contributed by atoms with Crippen LogP contribution in [0.2, 0.25) is 0 Å². The molecule has 17 heavy (non-hydrogen) atoms. The summed E-state index contributed by atoms with van der Waals surface area (Å²) in [6.07, 6.45) is 6.23. The van der Waals surface area contributed by atoms with Gasteiger partial charge in [0.1, 0.15) is 0 Å². The molecule has 0 aliphatic heterocycles. The Morgan fingerprint density at radius 2 is 2.00 bits per heavy atom. The Morgan fingerprint density at radius 1 is 1.29 bits per heavy atom. The van der Waals surface area contributed by atoms with Crippen LogP contribution in [0.25, 0.3) is 0 Å². The van der Waals surface area contributed by atoms with Crippen molar-refractivity contribution in [2.24, 2.45) is 5.92 Å². The van der Waals surface area contributed by atoms with E-state index in [1.807, 2.05) is 0 Å². The Bertz CT molecular complexity index is 384. The standard InChI is InChI=1S/C14H17FO2/c15-12-7-3-4-8-13(12)17-14(16)10-9-11-5-1-2-6-11/h3-4,7-8,11H,1-2,5-6,9-10H2. The Hall–Kier alpha value is -1.38. The predicted octanol–water partition coefficient (Wildman–Crippen LogP) is 3.70. The molecule has 0 amide bonds. The molecule has 0 unspecified atom stereocenters. The lowest BCUT2D eigenvalue weighted by Crippen LogP contribution is -2.10. The molecule has 2 rings (SSSR count). The van der Waals surface area contributed by atoms with Crippen LogP contribution in [0, 0.1) is 11.7 Å². The first kappa shape index (κ1) is 12.1. The summed E-state index contributed by atoms with van der Waals surface area (Å²) < 4.78 is 18.2. The largest absolute Gasteiger partial charge is 0.423 e. The minimum atomic E-state index is -0.485. The van der Waals surface area contributed by atoms with Crippen molar-refractivity contribution in [2.75, 3.05) is 0 Å². The molecular weight excluding hydrogens is 219 g/mol. The summed E-state index contributed by atoms with van der Waals surface area (Å²) in [5.41, 5.74) is 0. The van der Waals surface area contributed by atoms with Crippen LogP contribution in [0.4, 0.5) is 4.39 Å². The van der Waals surface area contributed by atoms with E-state index < -0.39 is 5.82 Å². The summed E-state index contributed by atoms with van der Waals surface area (Å²) in [6.45, 7) is 0. The van der Waals surface area contributed by atoms with Gasteiger partial charge >= 0.3 is 5.97 Å². The van der Waals surface area contributed by atoms with Crippen LogP contribution in [0.5, 0.6) is 5.75 Å². The molecule has 92 valence electrons. The summed E-state index contributed by atoms with van der Waals surface area (Å²) in [5.74, 6) is -0.129. The highest BCUT2D eigenvalue weighted by Gasteiger charge is 2.17. The lowest BCUT2D eigenvalue weighted by atomic mass is 10.0. The molecule has 0 spiro atoms. The third kappa shape index (κ3) is 3.55. The van der Waals surface area contributed by atoms with Gasteiger partial charge in [0.25, 0.3) is 0 Å². The Labute approximate surface area is 101 Å². The van der Waals surface area contributed by atoms with Crippen LogP contribution < -0.4 is 4.74 Å². The average molecular weight is 236 g/mol. The van der Waals surface area contributed by atoms with Crippen LogP contribution in [0.15, 0.2) is 24.3 Å². The van der Waals surface area contributed by atoms with Crippen LogP contribution in [-0.4, -0.2) is 5.97 Å². The molecule has 2 nitrogen and oxygen atoms in total. The van der Waals surface area contributed by atoms with Gasteiger partial charge in [0.2, 0.25) is 0 Å². The van der Waals surface area contributed by atoms with Gasteiger partial charge in [-0.15, -0.1) is 0 Å². The van der Waals surface area contributed by atoms with Crippen molar-refractivity contribution in [2.45, 2.75) is 38.5 Å². The number of hydrogen-bond donors (Lipinski definition) is 0. The highest BCUT2D eigenvalue weighted by molar-refractivity contribution is 5.72. The zero-order valence-corrected chi connectivity index (χ0v) is 9.82. The fourth-order valence-electron chi connectivity index (χ4n) is 2.32. The van der Waals surface area contributed by atoms with Gasteiger partial charge in [0, 0.05) is 6.42 Å². The van der Waals surface area contributed by atoms with E-state index in [0.29, 0.717) is 12.3 Å². The molecule has 1 aliphatic rings. The van der Waals surface area contributed by atoms with Gasteiger partial charge in [-0.2, -0.15) is 0 Å². The predicted molar refractivity (Wildman–Crippen MR) is 63.2 cm³/mol. The second kappa shape index (κ2) is 5.80. The number of halogens is 1. The normalized spacial score (nSPS) is 16.1. The van der Waals surface area contributed by atoms with Crippen molar-refractivity contribution in [1.29, 1.82) is 0 Å². The molecule has 0 atom stereocenters. The molecule has 0 radical (unpaired) electrons. The number of esters is 1. The highest BCUT2D eigenvalue weighted by atomic mass is 19.1. The molecule has 1 aliphatic carbocycles. The molecule has 3 heteroatoms. The Kier molecular flexibility index (Phi) is 4.13. The molecule has 1 aromatic carbocycles. The Morgan fingerprint density at radius 3 is 2.71 bits per heavy atom. The number of carbonyl (C=O) groups is 1. The monoisotopic (exact) mass is 236 g/mol. The van der Waals surface area contributed by atoms with E-state index in [9.17, 15) is 9.18 Å². The summed E-state index contributed by atoms with van der Waals surface area (Å²) in [6, 6.07) is 6.00. The number of para-hydroxylation sites is 1. The average Bonchev–Trinajstić information content (AvgIpc) is 2.82. The molecule has 0 saturated heterocycles. The molecular formula is C14H17FO2. The SMILES string of the molecule is O=C(CCC1CCCC1)Oc1ccccc1F. The van der Waals surface area contributed by atoms with E-state index in [4.69, 9.17) is 4.74 Å². The van der Waals surface area contributed by atoms with Gasteiger partial charge in [-0.3, -0.25) is 4.79 Å². The number of benzene rings is 1. The molecule has 1 fully saturated rings. The maximum atomic E-state index is 13.2. The second-order valence-corrected chi connectivity index (χ2v) is 4.59. The van der Waals surface area contributed by atoms with Crippen molar-refractivity contribution in [3.8, 4) is 5.75 Å². The molecule has 0 N–H and O–H groups in total. The summed E-state index contributed by atoms with van der Waals surface area (Å²) in [4.78, 5) is 11.5. The molecule has 1 aromatic rings. The maximum absolute atomic E-state index is 13.2. The second-order valence-electron chi connectivity index (χ2n) is 4.59. The summed E-state index contributed by atoms with van der Waals surface area (Å²) in [7, 11) is 0. The fraction of sp³-hybridized carbons (Fsp3) is 0.500. The van der Waals surface area contributed by atoms with Crippen molar-refractivity contribution >= 4 is 5.97 Å². The van der Waals surface area contributed by atoms with E-state index >= 15 is 0 Å². The summed E-state index contributed by atoms with van der Waals surface area (Å²) >= 11 is 0. The van der Waals surface area contributed by atoms with Gasteiger partial charge < -0.3 is 4.74 Å². The first-order valence-corrected chi connectivity index (χ1v) is 6.21. The lowest BCUT2D eigenvalue weighted by Gasteiger charge is -2.08. The van der Waals surface area contributed by atoms with Crippen LogP contribution in [0.3, 0.4) is 0 Å². The Balaban J connectivity index is 1.79. The van der Waals surface area contributed by atoms with Crippen LogP contribution in [-0.2, 0) is 4.79 Å². The zero-order chi connectivity index (χ0) is 12.1. The smallest absolute Gasteiger partial charge is 0.311 e. The molecule has 0 bridgehead atoms. The van der Waals surface area contributed by atoms with Crippen LogP contribution >= 0.6 is 0 Å². The van der Waals surface area contributed by atoms with Gasteiger partial charge in [0.05, 0.1) is 0 Å². The first-order chi connectivity index (χ1) is 8.25. The van der Waals surface area contributed by atoms with E-state index in [1.165, 1.54) is 37.8 Å². The van der Waals surface area contributed by atoms with E-state index in [0.717, 1.165) is 6.42 Å². The number of rotatable bonds is 4. The maximum Gasteiger partial charge on any atom is 0.311 e. The molecule has 0 aromatic heterocycles. The first-order valence-electron chi connectivity index (χ1n) is 6.21. The van der Waals surface area contributed by atoms with E-state index in [-0.39, 0.29) is 11.7 Å². The van der Waals surface area contributed by atoms with Crippen LogP contribution in [0.1, 0.15) is 38.5 Å². The number of hydrogen-bond acceptors (Lipinski definition) is 2. The minimum Gasteiger partial charge on any atom is -0.423 e. The van der Waals surface area contributed by atoms with Crippen molar-refractivity contribution < 1.29 is 13.9 Å². The lowest BCUT2D eigenvalue weighted by molar-refractivity contribution is -0.134. The zero-order valence-electron chi connectivity index (χ0n) is 9.82. The van der Waals surface area contributed by atoms with Gasteiger partial charge in [-0.25, -0.2) is 4.39 Å². The quantitative estimate of drug-likeness (QED) is 0.588. The van der Waals surface area contributed by atoms with E-state index in [2.05, 4.69) is 0 Å². The van der Waals surface area contributed by atoms with Crippen molar-refractivity contribution in [3.63, 3.8) is 0 Å². The minimum absolute atomic E-state index is 0.0314.